The van der Waals surface area contributed by atoms with E-state index in [0.717, 1.165) is 13.0 Å². The molecule has 0 rings (SSSR count). The third-order valence-electron chi connectivity index (χ3n) is 3.33. The van der Waals surface area contributed by atoms with Crippen molar-refractivity contribution in [3.05, 3.63) is 0 Å². The van der Waals surface area contributed by atoms with Crippen molar-refractivity contribution in [1.29, 1.82) is 0 Å². The molecule has 3 nitrogen and oxygen atoms in total. The molecule has 0 spiro atoms. The summed E-state index contributed by atoms with van der Waals surface area (Å²) in [5.74, 6) is -1.01. The van der Waals surface area contributed by atoms with E-state index in [0.29, 0.717) is 0 Å². The number of carboxylic acid groups (broad SMARTS) is 1. The molecular weight excluding hydrogens is 249 g/mol. The van der Waals surface area contributed by atoms with Crippen LogP contribution in [0.3, 0.4) is 0 Å². The Morgan fingerprint density at radius 3 is 1.79 bits per heavy atom. The van der Waals surface area contributed by atoms with Crippen LogP contribution in [-0.4, -0.2) is 18.6 Å². The summed E-state index contributed by atoms with van der Waals surface area (Å²) >= 11 is 0. The maximum absolute atomic E-state index is 10.4. The number of rotatable bonds is 13. The second-order valence-electron chi connectivity index (χ2n) is 5.18. The zero-order chi connectivity index (χ0) is 13.6. The zero-order valence-electron chi connectivity index (χ0n) is 13.2. The predicted molar refractivity (Wildman–Crippen MR) is 74.3 cm³/mol. The molecule has 0 aliphatic rings. The van der Waals surface area contributed by atoms with Crippen LogP contribution in [-0.2, 0) is 4.79 Å². The van der Waals surface area contributed by atoms with Gasteiger partial charge in [0.25, 0.3) is 0 Å². The third-order valence-corrected chi connectivity index (χ3v) is 3.33. The van der Waals surface area contributed by atoms with Gasteiger partial charge in [-0.25, -0.2) is 0 Å². The minimum atomic E-state index is -1.01. The first-order valence-electron chi connectivity index (χ1n) is 7.62. The molecule has 0 bridgehead atoms. The van der Waals surface area contributed by atoms with Crippen LogP contribution < -0.4 is 40.0 Å². The Kier molecular flexibility index (Phi) is 18.8. The molecule has 1 N–H and O–H groups in total. The van der Waals surface area contributed by atoms with Crippen molar-refractivity contribution in [2.24, 2.45) is 0 Å². The summed E-state index contributed by atoms with van der Waals surface area (Å²) in [6, 6.07) is -0.524. The maximum atomic E-state index is 10.4. The van der Waals surface area contributed by atoms with Crippen molar-refractivity contribution in [1.82, 2.24) is 5.32 Å². The summed E-state index contributed by atoms with van der Waals surface area (Å²) in [5.41, 5.74) is 0. The fourth-order valence-electron chi connectivity index (χ4n) is 2.01. The molecule has 0 amide bonds. The minimum Gasteiger partial charge on any atom is -0.548 e. The summed E-state index contributed by atoms with van der Waals surface area (Å²) in [5, 5.41) is 13.4. The fraction of sp³-hybridized carbons (Fsp3) is 0.933. The molecule has 0 aromatic rings. The topological polar surface area (TPSA) is 52.2 Å². The van der Waals surface area contributed by atoms with Gasteiger partial charge in [0.05, 0.1) is 5.97 Å². The molecule has 4 heteroatoms. The number of carbonyl (C=O) groups excluding carboxylic acids is 1. The molecule has 1 atom stereocenters. The monoisotopic (exact) mass is 279 g/mol. The van der Waals surface area contributed by atoms with Crippen LogP contribution >= 0.6 is 0 Å². The van der Waals surface area contributed by atoms with Crippen LogP contribution in [0.4, 0.5) is 0 Å². The van der Waals surface area contributed by atoms with Crippen LogP contribution in [0.25, 0.3) is 0 Å². The quantitative estimate of drug-likeness (QED) is 0.370. The van der Waals surface area contributed by atoms with Gasteiger partial charge in [-0.2, -0.15) is 0 Å². The van der Waals surface area contributed by atoms with Crippen molar-refractivity contribution in [2.75, 3.05) is 6.54 Å². The first-order chi connectivity index (χ1) is 8.68. The Morgan fingerprint density at radius 1 is 0.947 bits per heavy atom. The molecule has 108 valence electrons. The molecular formula is C15H30NNaO2. The van der Waals surface area contributed by atoms with E-state index in [1.54, 1.807) is 6.92 Å². The van der Waals surface area contributed by atoms with Crippen molar-refractivity contribution in [2.45, 2.75) is 84.1 Å². The summed E-state index contributed by atoms with van der Waals surface area (Å²) in [7, 11) is 0. The van der Waals surface area contributed by atoms with Gasteiger partial charge in [-0.3, -0.25) is 0 Å². The van der Waals surface area contributed by atoms with E-state index in [2.05, 4.69) is 12.2 Å². The largest absolute Gasteiger partial charge is 1.00 e. The summed E-state index contributed by atoms with van der Waals surface area (Å²) in [6.45, 7) is 4.66. The van der Waals surface area contributed by atoms with Gasteiger partial charge in [-0.1, -0.05) is 64.7 Å². The molecule has 0 aromatic carbocycles. The molecule has 0 heterocycles. The summed E-state index contributed by atoms with van der Waals surface area (Å²) in [6.07, 6.45) is 13.1. The van der Waals surface area contributed by atoms with E-state index in [1.807, 2.05) is 0 Å². The fourth-order valence-corrected chi connectivity index (χ4v) is 2.01. The van der Waals surface area contributed by atoms with Gasteiger partial charge in [-0.05, 0) is 19.9 Å². The van der Waals surface area contributed by atoms with Crippen LogP contribution in [0, 0.1) is 0 Å². The Morgan fingerprint density at radius 2 is 1.37 bits per heavy atom. The number of carbonyl (C=O) groups is 1. The standard InChI is InChI=1S/C15H31NO2.Na/c1-3-4-5-6-7-8-9-10-11-12-13-16-14(2)15(17)18;/h14,16H,3-13H2,1-2H3,(H,17,18);/q;+1/p-1/t14-;/m1./s1. The first-order valence-corrected chi connectivity index (χ1v) is 7.62. The zero-order valence-corrected chi connectivity index (χ0v) is 15.2. The summed E-state index contributed by atoms with van der Waals surface area (Å²) in [4.78, 5) is 10.4. The predicted octanol–water partition coefficient (Wildman–Crippen LogP) is -0.361. The van der Waals surface area contributed by atoms with Gasteiger partial charge in [0.2, 0.25) is 0 Å². The van der Waals surface area contributed by atoms with Crippen molar-refractivity contribution in [3.63, 3.8) is 0 Å². The molecule has 0 aliphatic carbocycles. The molecule has 0 fully saturated rings. The van der Waals surface area contributed by atoms with E-state index in [9.17, 15) is 9.90 Å². The number of aliphatic carboxylic acids is 1. The smallest absolute Gasteiger partial charge is 0.548 e. The van der Waals surface area contributed by atoms with Crippen LogP contribution in [0.2, 0.25) is 0 Å². The SMILES string of the molecule is CCCCCCCCCCCCN[C@H](C)C(=O)[O-].[Na+]. The number of carboxylic acids is 1. The van der Waals surface area contributed by atoms with Gasteiger partial charge in [0, 0.05) is 6.04 Å². The second-order valence-corrected chi connectivity index (χ2v) is 5.18. The Hall–Kier alpha value is 0.430. The molecule has 0 saturated carbocycles. The van der Waals surface area contributed by atoms with Gasteiger partial charge >= 0.3 is 29.6 Å². The third kappa shape index (κ3) is 16.4. The average Bonchev–Trinajstić information content (AvgIpc) is 2.35. The van der Waals surface area contributed by atoms with Crippen LogP contribution in [0.15, 0.2) is 0 Å². The van der Waals surface area contributed by atoms with E-state index in [-0.39, 0.29) is 29.6 Å². The number of hydrogen-bond acceptors (Lipinski definition) is 3. The Bertz CT molecular complexity index is 201. The molecule has 0 radical (unpaired) electrons. The van der Waals surface area contributed by atoms with E-state index < -0.39 is 12.0 Å². The van der Waals surface area contributed by atoms with Crippen LogP contribution in [0.5, 0.6) is 0 Å². The van der Waals surface area contributed by atoms with Crippen molar-refractivity contribution in [3.8, 4) is 0 Å². The summed E-state index contributed by atoms with van der Waals surface area (Å²) < 4.78 is 0. The van der Waals surface area contributed by atoms with Gasteiger partial charge in [-0.15, -0.1) is 0 Å². The Balaban J connectivity index is 0. The maximum Gasteiger partial charge on any atom is 1.00 e. The second kappa shape index (κ2) is 16.5. The van der Waals surface area contributed by atoms with E-state index >= 15 is 0 Å². The molecule has 0 saturated heterocycles. The normalized spacial score (nSPS) is 11.9. The van der Waals surface area contributed by atoms with Gasteiger partial charge < -0.3 is 15.2 Å². The van der Waals surface area contributed by atoms with Crippen molar-refractivity contribution >= 4 is 5.97 Å². The van der Waals surface area contributed by atoms with E-state index in [4.69, 9.17) is 0 Å². The first kappa shape index (κ1) is 21.7. The minimum absolute atomic E-state index is 0. The number of nitrogens with one attached hydrogen (secondary N) is 1. The van der Waals surface area contributed by atoms with E-state index in [1.165, 1.54) is 57.8 Å². The number of hydrogen-bond donors (Lipinski definition) is 1. The van der Waals surface area contributed by atoms with Gasteiger partial charge in [0.15, 0.2) is 0 Å². The van der Waals surface area contributed by atoms with Crippen LogP contribution in [0.1, 0.15) is 78.1 Å². The van der Waals surface area contributed by atoms with Gasteiger partial charge in [0.1, 0.15) is 0 Å². The molecule has 0 unspecified atom stereocenters. The van der Waals surface area contributed by atoms with Crippen molar-refractivity contribution < 1.29 is 39.5 Å². The molecule has 0 aliphatic heterocycles. The molecule has 19 heavy (non-hydrogen) atoms. The molecule has 0 aromatic heterocycles. The Labute approximate surface area is 141 Å². The average molecular weight is 279 g/mol. The number of unbranched alkanes of at least 4 members (excludes halogenated alkanes) is 9.